The molecule has 2 aliphatic rings. The van der Waals surface area contributed by atoms with Crippen LogP contribution in [-0.2, 0) is 0 Å². The molecule has 1 aromatic carbocycles. The number of hydrogen-bond donors (Lipinski definition) is 1. The van der Waals surface area contributed by atoms with E-state index >= 15 is 0 Å². The van der Waals surface area contributed by atoms with Gasteiger partial charge in [0.1, 0.15) is 0 Å². The maximum atomic E-state index is 12.7. The van der Waals surface area contributed by atoms with E-state index in [1.165, 1.54) is 25.7 Å². The summed E-state index contributed by atoms with van der Waals surface area (Å²) in [5, 5.41) is 0. The van der Waals surface area contributed by atoms with Crippen molar-refractivity contribution in [1.29, 1.82) is 0 Å². The summed E-state index contributed by atoms with van der Waals surface area (Å²) in [6, 6.07) is 6.72. The summed E-state index contributed by atoms with van der Waals surface area (Å²) in [5.41, 5.74) is 2.50. The van der Waals surface area contributed by atoms with Gasteiger partial charge in [0.15, 0.2) is 0 Å². The Kier molecular flexibility index (Phi) is 2.01. The lowest BCUT2D eigenvalue weighted by atomic mass is 10.1. The van der Waals surface area contributed by atoms with Crippen LogP contribution < -0.4 is 0 Å². The van der Waals surface area contributed by atoms with Gasteiger partial charge in [-0.15, -0.1) is 0 Å². The van der Waals surface area contributed by atoms with Crippen LogP contribution in [0.4, 0.5) is 0 Å². The third-order valence-corrected chi connectivity index (χ3v) is 3.80. The second-order valence-corrected chi connectivity index (χ2v) is 5.28. The normalized spacial score (nSPS) is 19.1. The predicted molar refractivity (Wildman–Crippen MR) is 68.3 cm³/mol. The molecule has 0 bridgehead atoms. The zero-order valence-electron chi connectivity index (χ0n) is 10.1. The number of para-hydroxylation sites is 1. The zero-order chi connectivity index (χ0) is 12.1. The molecule has 4 heteroatoms. The van der Waals surface area contributed by atoms with E-state index in [-0.39, 0.29) is 5.91 Å². The van der Waals surface area contributed by atoms with Gasteiger partial charge in [-0.3, -0.25) is 4.79 Å². The van der Waals surface area contributed by atoms with Crippen molar-refractivity contribution >= 4 is 16.9 Å². The quantitative estimate of drug-likeness (QED) is 0.896. The Morgan fingerprint density at radius 2 is 1.94 bits per heavy atom. The van der Waals surface area contributed by atoms with Crippen LogP contribution in [0.3, 0.4) is 0 Å². The molecule has 2 aromatic rings. The molecule has 2 aliphatic carbocycles. The number of carbonyl (C=O) groups is 1. The van der Waals surface area contributed by atoms with Gasteiger partial charge in [-0.05, 0) is 37.8 Å². The minimum absolute atomic E-state index is 0.176. The molecule has 1 aromatic heterocycles. The summed E-state index contributed by atoms with van der Waals surface area (Å²) in [6.07, 6.45) is 6.32. The number of aromatic nitrogens is 2. The van der Waals surface area contributed by atoms with E-state index < -0.39 is 0 Å². The molecule has 0 aliphatic heterocycles. The van der Waals surface area contributed by atoms with Crippen molar-refractivity contribution in [2.75, 3.05) is 0 Å². The number of nitrogens with zero attached hydrogens (tertiary/aromatic N) is 2. The van der Waals surface area contributed by atoms with E-state index in [0.29, 0.717) is 12.1 Å². The summed E-state index contributed by atoms with van der Waals surface area (Å²) in [6.45, 7) is 0. The molecule has 4 rings (SSSR count). The third kappa shape index (κ3) is 1.52. The van der Waals surface area contributed by atoms with Crippen molar-refractivity contribution in [2.24, 2.45) is 0 Å². The van der Waals surface area contributed by atoms with Gasteiger partial charge in [0.2, 0.25) is 0 Å². The van der Waals surface area contributed by atoms with E-state index in [1.807, 2.05) is 18.2 Å². The lowest BCUT2D eigenvalue weighted by molar-refractivity contribution is 0.0731. The molecule has 18 heavy (non-hydrogen) atoms. The predicted octanol–water partition coefficient (Wildman–Crippen LogP) is 2.33. The van der Waals surface area contributed by atoms with E-state index in [1.54, 1.807) is 6.33 Å². The smallest absolute Gasteiger partial charge is 0.256 e. The minimum Gasteiger partial charge on any atom is -0.344 e. The Balaban J connectivity index is 1.76. The number of amides is 1. The number of H-pyrrole nitrogens is 1. The van der Waals surface area contributed by atoms with Crippen LogP contribution in [0.5, 0.6) is 0 Å². The highest BCUT2D eigenvalue weighted by atomic mass is 16.2. The van der Waals surface area contributed by atoms with Crippen LogP contribution in [0, 0.1) is 0 Å². The molecule has 2 fully saturated rings. The Bertz CT molecular complexity index is 598. The fourth-order valence-corrected chi connectivity index (χ4v) is 2.62. The maximum Gasteiger partial charge on any atom is 0.256 e. The van der Waals surface area contributed by atoms with Gasteiger partial charge in [0.25, 0.3) is 5.91 Å². The lowest BCUT2D eigenvalue weighted by Crippen LogP contribution is -2.35. The minimum atomic E-state index is 0.176. The van der Waals surface area contributed by atoms with Crippen molar-refractivity contribution in [1.82, 2.24) is 14.9 Å². The first-order chi connectivity index (χ1) is 8.84. The number of nitrogens with one attached hydrogen (secondary N) is 1. The van der Waals surface area contributed by atoms with Crippen molar-refractivity contribution in [3.63, 3.8) is 0 Å². The van der Waals surface area contributed by atoms with E-state index in [2.05, 4.69) is 14.9 Å². The lowest BCUT2D eigenvalue weighted by Gasteiger charge is -2.22. The van der Waals surface area contributed by atoms with Crippen LogP contribution in [0.2, 0.25) is 0 Å². The van der Waals surface area contributed by atoms with Gasteiger partial charge in [0, 0.05) is 12.1 Å². The fourth-order valence-electron chi connectivity index (χ4n) is 2.62. The molecule has 4 nitrogen and oxygen atoms in total. The SMILES string of the molecule is O=C(c1cccc2nc[nH]c12)N(C1CC1)C1CC1. The Hall–Kier alpha value is -1.84. The first-order valence-electron chi connectivity index (χ1n) is 6.59. The molecular weight excluding hydrogens is 226 g/mol. The molecule has 1 amide bonds. The topological polar surface area (TPSA) is 49.0 Å². The molecule has 0 atom stereocenters. The van der Waals surface area contributed by atoms with Gasteiger partial charge in [-0.1, -0.05) is 6.07 Å². The molecule has 0 unspecified atom stereocenters. The summed E-state index contributed by atoms with van der Waals surface area (Å²) >= 11 is 0. The largest absolute Gasteiger partial charge is 0.344 e. The molecular formula is C14H15N3O. The summed E-state index contributed by atoms with van der Waals surface area (Å²) in [4.78, 5) is 22.1. The summed E-state index contributed by atoms with van der Waals surface area (Å²) in [5.74, 6) is 0.176. The molecule has 1 N–H and O–H groups in total. The first-order valence-corrected chi connectivity index (χ1v) is 6.59. The molecule has 0 spiro atoms. The number of rotatable bonds is 3. The second kappa shape index (κ2) is 3.57. The number of carbonyl (C=O) groups excluding carboxylic acids is 1. The highest BCUT2D eigenvalue weighted by Gasteiger charge is 2.42. The van der Waals surface area contributed by atoms with Crippen LogP contribution in [0.15, 0.2) is 24.5 Å². The highest BCUT2D eigenvalue weighted by Crippen LogP contribution is 2.38. The number of benzene rings is 1. The van der Waals surface area contributed by atoms with Crippen molar-refractivity contribution in [3.8, 4) is 0 Å². The average Bonchev–Trinajstić information content (AvgIpc) is 3.30. The summed E-state index contributed by atoms with van der Waals surface area (Å²) in [7, 11) is 0. The average molecular weight is 241 g/mol. The van der Waals surface area contributed by atoms with E-state index in [0.717, 1.165) is 16.6 Å². The van der Waals surface area contributed by atoms with E-state index in [9.17, 15) is 4.79 Å². The fraction of sp³-hybridized carbons (Fsp3) is 0.429. The van der Waals surface area contributed by atoms with Gasteiger partial charge in [0.05, 0.1) is 22.9 Å². The van der Waals surface area contributed by atoms with Crippen molar-refractivity contribution in [3.05, 3.63) is 30.1 Å². The Morgan fingerprint density at radius 1 is 1.22 bits per heavy atom. The van der Waals surface area contributed by atoms with E-state index in [4.69, 9.17) is 0 Å². The summed E-state index contributed by atoms with van der Waals surface area (Å²) < 4.78 is 0. The third-order valence-electron chi connectivity index (χ3n) is 3.80. The van der Waals surface area contributed by atoms with Gasteiger partial charge in [-0.2, -0.15) is 0 Å². The number of aromatic amines is 1. The standard InChI is InChI=1S/C14H15N3O/c18-14(17(9-4-5-9)10-6-7-10)11-2-1-3-12-13(11)16-8-15-12/h1-3,8-10H,4-7H2,(H,15,16). The molecule has 1 heterocycles. The van der Waals surface area contributed by atoms with Crippen molar-refractivity contribution in [2.45, 2.75) is 37.8 Å². The molecule has 0 radical (unpaired) electrons. The number of imidazole rings is 1. The maximum absolute atomic E-state index is 12.7. The van der Waals surface area contributed by atoms with Gasteiger partial charge in [-0.25, -0.2) is 4.98 Å². The molecule has 0 saturated heterocycles. The second-order valence-electron chi connectivity index (χ2n) is 5.28. The molecule has 2 saturated carbocycles. The number of fused-ring (bicyclic) bond motifs is 1. The molecule has 92 valence electrons. The number of hydrogen-bond acceptors (Lipinski definition) is 2. The van der Waals surface area contributed by atoms with Crippen molar-refractivity contribution < 1.29 is 4.79 Å². The Morgan fingerprint density at radius 3 is 2.61 bits per heavy atom. The van der Waals surface area contributed by atoms with Crippen LogP contribution in [0.1, 0.15) is 36.0 Å². The van der Waals surface area contributed by atoms with Gasteiger partial charge >= 0.3 is 0 Å². The van der Waals surface area contributed by atoms with Crippen LogP contribution in [-0.4, -0.2) is 32.9 Å². The Labute approximate surface area is 105 Å². The van der Waals surface area contributed by atoms with Crippen LogP contribution in [0.25, 0.3) is 11.0 Å². The zero-order valence-corrected chi connectivity index (χ0v) is 10.1. The van der Waals surface area contributed by atoms with Crippen LogP contribution >= 0.6 is 0 Å². The monoisotopic (exact) mass is 241 g/mol. The first kappa shape index (κ1) is 10.1. The highest BCUT2D eigenvalue weighted by molar-refractivity contribution is 6.05. The van der Waals surface area contributed by atoms with Gasteiger partial charge < -0.3 is 9.88 Å².